The van der Waals surface area contributed by atoms with Crippen LogP contribution in [0.5, 0.6) is 11.5 Å². The minimum Gasteiger partial charge on any atom is -0.494 e. The molecular formula is C67H79IN2O8. The third-order valence-corrected chi connectivity index (χ3v) is 15.9. The van der Waals surface area contributed by atoms with Gasteiger partial charge in [0.1, 0.15) is 23.7 Å². The number of oxazole rings is 2. The van der Waals surface area contributed by atoms with Crippen LogP contribution in [0.25, 0.3) is 45.6 Å². The molecular weight excluding hydrogens is 1090 g/mol. The minimum absolute atomic E-state index is 0.188. The van der Waals surface area contributed by atoms with Crippen LogP contribution >= 0.6 is 22.6 Å². The summed E-state index contributed by atoms with van der Waals surface area (Å²) < 4.78 is 35.2. The molecule has 7 rings (SSSR count). The normalized spacial score (nSPS) is 14.3. The maximum Gasteiger partial charge on any atom is 0.306 e. The van der Waals surface area contributed by atoms with Gasteiger partial charge in [0.15, 0.2) is 11.5 Å². The Hall–Kier alpha value is -6.47. The molecule has 1 unspecified atom stereocenters. The van der Waals surface area contributed by atoms with E-state index in [4.69, 9.17) is 37.7 Å². The summed E-state index contributed by atoms with van der Waals surface area (Å²) in [5.74, 6) is 3.89. The predicted octanol–water partition coefficient (Wildman–Crippen LogP) is 18.0. The van der Waals surface area contributed by atoms with Gasteiger partial charge in [0.05, 0.1) is 29.0 Å². The molecule has 1 atom stereocenters. The number of esters is 2. The number of nitrogens with zero attached hydrogens (tertiary/aromatic N) is 2. The Morgan fingerprint density at radius 3 is 1.26 bits per heavy atom. The molecule has 1 aliphatic rings. The van der Waals surface area contributed by atoms with E-state index in [1.807, 2.05) is 48.5 Å². The van der Waals surface area contributed by atoms with E-state index in [9.17, 15) is 9.59 Å². The lowest BCUT2D eigenvalue weighted by atomic mass is 9.65. The number of carbonyl (C=O) groups is 2. The first-order chi connectivity index (χ1) is 37.8. The van der Waals surface area contributed by atoms with Gasteiger partial charge < -0.3 is 27.8 Å². The second-order valence-corrected chi connectivity index (χ2v) is 23.1. The zero-order valence-corrected chi connectivity index (χ0v) is 48.4. The molecule has 78 heavy (non-hydrogen) atoms. The Kier molecular flexibility index (Phi) is 22.4. The van der Waals surface area contributed by atoms with Crippen LogP contribution in [-0.4, -0.2) is 47.3 Å². The molecule has 0 saturated carbocycles. The van der Waals surface area contributed by atoms with Crippen molar-refractivity contribution in [1.82, 2.24) is 9.97 Å². The lowest BCUT2D eigenvalue weighted by Crippen LogP contribution is -2.35. The second-order valence-electron chi connectivity index (χ2n) is 21.0. The van der Waals surface area contributed by atoms with E-state index in [0.717, 1.165) is 98.0 Å². The van der Waals surface area contributed by atoms with Gasteiger partial charge in [0.25, 0.3) is 0 Å². The van der Waals surface area contributed by atoms with E-state index in [-0.39, 0.29) is 20.8 Å². The number of rotatable bonds is 34. The van der Waals surface area contributed by atoms with Crippen molar-refractivity contribution in [2.24, 2.45) is 0 Å². The van der Waals surface area contributed by atoms with Gasteiger partial charge in [0.2, 0.25) is 11.8 Å². The topological polar surface area (TPSA) is 123 Å². The molecule has 6 aromatic rings. The highest BCUT2D eigenvalue weighted by atomic mass is 127. The van der Waals surface area contributed by atoms with Crippen molar-refractivity contribution in [3.8, 4) is 57.1 Å². The monoisotopic (exact) mass is 1170 g/mol. The molecule has 0 amide bonds. The van der Waals surface area contributed by atoms with Gasteiger partial charge in [0, 0.05) is 40.5 Å². The molecule has 10 nitrogen and oxygen atoms in total. The van der Waals surface area contributed by atoms with E-state index < -0.39 is 12.2 Å². The lowest BCUT2D eigenvalue weighted by molar-refractivity contribution is -0.146. The van der Waals surface area contributed by atoms with Crippen molar-refractivity contribution in [2.75, 3.05) is 13.2 Å². The standard InChI is InChI=1S/C67H79IN2O8/c1-8-52(9-2)75-62(71)28-24-20-16-12-14-18-22-26-42-73-54-36-30-48(31-37-54)60-46-69-64(77-60)50-35-41-57-58(44-50)66(5,6)56-40-34-51(45-59(56)67(57,7)68)65-70-47-61(78-65)49-32-38-55(39-33-49)74-43-27-23-19-15-13-17-21-25-29-63(72)76-53(10-3)11-4/h8-11,30-41,44-47,52-53H,1-4,12-29,42-43H2,5-7H3. The maximum absolute atomic E-state index is 11.9. The fourth-order valence-electron chi connectivity index (χ4n) is 10.1. The van der Waals surface area contributed by atoms with Crippen molar-refractivity contribution in [3.63, 3.8) is 0 Å². The van der Waals surface area contributed by atoms with E-state index in [1.165, 1.54) is 60.8 Å². The summed E-state index contributed by atoms with van der Waals surface area (Å²) in [6, 6.07) is 29.3. The number of aromatic nitrogens is 2. The van der Waals surface area contributed by atoms with Crippen molar-refractivity contribution in [2.45, 2.75) is 157 Å². The zero-order valence-electron chi connectivity index (χ0n) is 46.2. The van der Waals surface area contributed by atoms with Gasteiger partial charge in [-0.25, -0.2) is 9.97 Å². The van der Waals surface area contributed by atoms with Crippen LogP contribution in [0.2, 0.25) is 0 Å². The summed E-state index contributed by atoms with van der Waals surface area (Å²) >= 11 is 2.60. The van der Waals surface area contributed by atoms with E-state index in [1.54, 1.807) is 36.7 Å². The smallest absolute Gasteiger partial charge is 0.306 e. The Morgan fingerprint density at radius 1 is 0.487 bits per heavy atom. The summed E-state index contributed by atoms with van der Waals surface area (Å²) in [5.41, 5.74) is 8.45. The average molecular weight is 1170 g/mol. The molecule has 4 aromatic carbocycles. The van der Waals surface area contributed by atoms with Gasteiger partial charge in [-0.15, -0.1) is 0 Å². The molecule has 0 bridgehead atoms. The molecule has 11 heteroatoms. The van der Waals surface area contributed by atoms with Crippen LogP contribution in [0.15, 0.2) is 157 Å². The summed E-state index contributed by atoms with van der Waals surface area (Å²) in [7, 11) is 0. The van der Waals surface area contributed by atoms with Crippen LogP contribution in [0.3, 0.4) is 0 Å². The van der Waals surface area contributed by atoms with Gasteiger partial charge in [-0.05, 0) is 152 Å². The molecule has 0 spiro atoms. The molecule has 0 aliphatic heterocycles. The maximum atomic E-state index is 11.9. The Bertz CT molecular complexity index is 2700. The molecule has 0 fully saturated rings. The predicted molar refractivity (Wildman–Crippen MR) is 322 cm³/mol. The second kappa shape index (κ2) is 29.5. The van der Waals surface area contributed by atoms with Gasteiger partial charge in [-0.3, -0.25) is 9.59 Å². The number of unbranched alkanes of at least 4 members (excludes halogenated alkanes) is 14. The van der Waals surface area contributed by atoms with Gasteiger partial charge >= 0.3 is 11.9 Å². The fourth-order valence-corrected chi connectivity index (χ4v) is 11.0. The number of ether oxygens (including phenoxy) is 4. The minimum atomic E-state index is -0.403. The van der Waals surface area contributed by atoms with E-state index >= 15 is 0 Å². The van der Waals surface area contributed by atoms with Crippen molar-refractivity contribution in [1.29, 1.82) is 0 Å². The number of hydrogen-bond acceptors (Lipinski definition) is 10. The molecule has 2 aromatic heterocycles. The SMILES string of the molecule is C=CC(C=C)OC(=O)CCCCCCCCCCOc1ccc(-c2cnc(-c3ccc4c(c3)C(C)(C)c3ccc(-c5ncc(-c6ccc(OCCCCCCCCCCC(=O)OC(C=C)C=C)cc6)o5)cc3C4(C)I)o2)cc1. The molecule has 0 N–H and O–H groups in total. The molecule has 1 aliphatic carbocycles. The molecule has 0 radical (unpaired) electrons. The molecule has 0 saturated heterocycles. The van der Waals surface area contributed by atoms with Gasteiger partial charge in [-0.1, -0.05) is 152 Å². The first-order valence-corrected chi connectivity index (χ1v) is 29.2. The van der Waals surface area contributed by atoms with Crippen molar-refractivity contribution >= 4 is 34.5 Å². The highest BCUT2D eigenvalue weighted by Crippen LogP contribution is 2.54. The zero-order chi connectivity index (χ0) is 55.3. The fraction of sp³-hybridized carbons (Fsp3) is 0.403. The number of alkyl halides is 1. The first-order valence-electron chi connectivity index (χ1n) is 28.1. The van der Waals surface area contributed by atoms with Crippen LogP contribution in [0, 0.1) is 0 Å². The quantitative estimate of drug-likeness (QED) is 0.0127. The van der Waals surface area contributed by atoms with Crippen molar-refractivity contribution in [3.05, 3.63) is 170 Å². The number of carbonyl (C=O) groups excluding carboxylic acids is 2. The summed E-state index contributed by atoms with van der Waals surface area (Å²) in [6.07, 6.45) is 27.4. The number of halogens is 1. The molecule has 412 valence electrons. The van der Waals surface area contributed by atoms with Crippen LogP contribution < -0.4 is 9.47 Å². The Labute approximate surface area is 477 Å². The lowest BCUT2D eigenvalue weighted by Gasteiger charge is -2.43. The highest BCUT2D eigenvalue weighted by Gasteiger charge is 2.43. The number of fused-ring (bicyclic) bond motifs is 2. The first kappa shape index (κ1) is 59.2. The summed E-state index contributed by atoms with van der Waals surface area (Å²) in [6.45, 7) is 22.8. The highest BCUT2D eigenvalue weighted by molar-refractivity contribution is 14.1. The van der Waals surface area contributed by atoms with Crippen LogP contribution in [0.4, 0.5) is 0 Å². The third-order valence-electron chi connectivity index (χ3n) is 14.7. The summed E-state index contributed by atoms with van der Waals surface area (Å²) in [4.78, 5) is 33.3. The van der Waals surface area contributed by atoms with Crippen LogP contribution in [-0.2, 0) is 27.9 Å². The third kappa shape index (κ3) is 16.3. The Balaban J connectivity index is 0.837. The molecule has 2 heterocycles. The van der Waals surface area contributed by atoms with E-state index in [2.05, 4.69) is 106 Å². The Morgan fingerprint density at radius 2 is 0.846 bits per heavy atom. The average Bonchev–Trinajstić information content (AvgIpc) is 4.29. The van der Waals surface area contributed by atoms with Gasteiger partial charge in [-0.2, -0.15) is 0 Å². The number of benzene rings is 4. The van der Waals surface area contributed by atoms with Crippen LogP contribution in [0.1, 0.15) is 159 Å². The largest absolute Gasteiger partial charge is 0.494 e. The summed E-state index contributed by atoms with van der Waals surface area (Å²) in [5, 5.41) is 0. The van der Waals surface area contributed by atoms with Crippen molar-refractivity contribution < 1.29 is 37.4 Å². The van der Waals surface area contributed by atoms with E-state index in [0.29, 0.717) is 49.4 Å². The number of hydrogen-bond donors (Lipinski definition) is 0.